The van der Waals surface area contributed by atoms with E-state index in [4.69, 9.17) is 10.5 Å². The first-order valence-corrected chi connectivity index (χ1v) is 9.44. The van der Waals surface area contributed by atoms with E-state index in [0.29, 0.717) is 19.8 Å². The van der Waals surface area contributed by atoms with Crippen molar-refractivity contribution in [1.29, 1.82) is 0 Å². The van der Waals surface area contributed by atoms with Crippen molar-refractivity contribution in [2.75, 3.05) is 0 Å². The van der Waals surface area contributed by atoms with Crippen LogP contribution in [0.4, 0.5) is 0 Å². The summed E-state index contributed by atoms with van der Waals surface area (Å²) in [4.78, 5) is 12.4. The molecule has 0 heterocycles. The van der Waals surface area contributed by atoms with Crippen LogP contribution in [0.15, 0.2) is 54.6 Å². The summed E-state index contributed by atoms with van der Waals surface area (Å²) in [6.07, 6.45) is 3.82. The summed E-state index contributed by atoms with van der Waals surface area (Å²) in [7, 11) is 0. The topological polar surface area (TPSA) is 64.4 Å². The number of amides is 1. The predicted molar refractivity (Wildman–Crippen MR) is 103 cm³/mol. The van der Waals surface area contributed by atoms with E-state index in [-0.39, 0.29) is 17.9 Å². The van der Waals surface area contributed by atoms with Crippen molar-refractivity contribution < 1.29 is 9.53 Å². The van der Waals surface area contributed by atoms with Crippen molar-refractivity contribution in [2.24, 2.45) is 11.7 Å². The Morgan fingerprint density at radius 3 is 2.50 bits per heavy atom. The van der Waals surface area contributed by atoms with Crippen LogP contribution in [-0.2, 0) is 29.3 Å². The fraction of sp³-hybridized carbons (Fsp3) is 0.409. The van der Waals surface area contributed by atoms with Gasteiger partial charge >= 0.3 is 0 Å². The van der Waals surface area contributed by atoms with Gasteiger partial charge in [0.25, 0.3) is 0 Å². The van der Waals surface area contributed by atoms with E-state index in [2.05, 4.69) is 23.5 Å². The van der Waals surface area contributed by atoms with Crippen molar-refractivity contribution in [3.05, 3.63) is 71.3 Å². The molecule has 0 bridgehead atoms. The molecule has 0 aromatic heterocycles. The van der Waals surface area contributed by atoms with Crippen LogP contribution in [0, 0.1) is 5.92 Å². The molecule has 2 aromatic rings. The van der Waals surface area contributed by atoms with Gasteiger partial charge in [0.1, 0.15) is 0 Å². The zero-order valence-electron chi connectivity index (χ0n) is 15.2. The van der Waals surface area contributed by atoms with Gasteiger partial charge in [0.15, 0.2) is 0 Å². The molecule has 0 radical (unpaired) electrons. The maximum absolute atomic E-state index is 12.4. The Morgan fingerprint density at radius 2 is 1.73 bits per heavy atom. The third-order valence-corrected chi connectivity index (χ3v) is 5.03. The summed E-state index contributed by atoms with van der Waals surface area (Å²) in [6.45, 7) is 1.66. The van der Waals surface area contributed by atoms with Crippen LogP contribution < -0.4 is 11.1 Å². The average Bonchev–Trinajstić information content (AvgIpc) is 2.68. The smallest absolute Gasteiger partial charge is 0.223 e. The van der Waals surface area contributed by atoms with Gasteiger partial charge in [-0.05, 0) is 36.0 Å². The molecule has 2 unspecified atom stereocenters. The molecule has 4 heteroatoms. The van der Waals surface area contributed by atoms with Crippen LogP contribution in [0.25, 0.3) is 0 Å². The first kappa shape index (κ1) is 18.6. The average molecular weight is 352 g/mol. The van der Waals surface area contributed by atoms with E-state index in [1.54, 1.807) is 0 Å². The van der Waals surface area contributed by atoms with Crippen molar-refractivity contribution in [2.45, 2.75) is 51.5 Å². The molecule has 1 fully saturated rings. The molecule has 4 nitrogen and oxygen atoms in total. The predicted octanol–water partition coefficient (Wildman–Crippen LogP) is 3.54. The second kappa shape index (κ2) is 9.51. The van der Waals surface area contributed by atoms with E-state index >= 15 is 0 Å². The summed E-state index contributed by atoms with van der Waals surface area (Å²) in [5.74, 6) is 0.181. The number of nitrogens with two attached hydrogens (primary N) is 1. The van der Waals surface area contributed by atoms with Gasteiger partial charge in [-0.2, -0.15) is 0 Å². The highest BCUT2D eigenvalue weighted by molar-refractivity contribution is 5.78. The van der Waals surface area contributed by atoms with Crippen molar-refractivity contribution in [3.8, 4) is 0 Å². The van der Waals surface area contributed by atoms with Gasteiger partial charge in [-0.25, -0.2) is 0 Å². The Kier molecular flexibility index (Phi) is 6.81. The lowest BCUT2D eigenvalue weighted by atomic mass is 9.85. The highest BCUT2D eigenvalue weighted by Gasteiger charge is 2.25. The van der Waals surface area contributed by atoms with Gasteiger partial charge in [0.2, 0.25) is 5.91 Å². The van der Waals surface area contributed by atoms with Gasteiger partial charge in [-0.1, -0.05) is 61.0 Å². The Labute approximate surface area is 155 Å². The number of ether oxygens (including phenoxy) is 1. The summed E-state index contributed by atoms with van der Waals surface area (Å²) >= 11 is 0. The van der Waals surface area contributed by atoms with E-state index in [9.17, 15) is 4.79 Å². The molecule has 3 N–H and O–H groups in total. The zero-order chi connectivity index (χ0) is 18.2. The van der Waals surface area contributed by atoms with Crippen molar-refractivity contribution in [1.82, 2.24) is 5.32 Å². The molecule has 2 atom stereocenters. The van der Waals surface area contributed by atoms with Gasteiger partial charge in [0.05, 0.1) is 13.2 Å². The molecule has 3 rings (SSSR count). The maximum Gasteiger partial charge on any atom is 0.223 e. The van der Waals surface area contributed by atoms with Crippen LogP contribution in [0.2, 0.25) is 0 Å². The SMILES string of the molecule is NC1CCCC(C(=O)NCc2ccccc2COCc2ccccc2)C1. The molecular formula is C22H28N2O2. The fourth-order valence-corrected chi connectivity index (χ4v) is 3.52. The number of carbonyl (C=O) groups is 1. The molecule has 26 heavy (non-hydrogen) atoms. The molecular weight excluding hydrogens is 324 g/mol. The third kappa shape index (κ3) is 5.41. The van der Waals surface area contributed by atoms with Gasteiger partial charge < -0.3 is 15.8 Å². The van der Waals surface area contributed by atoms with E-state index in [0.717, 1.165) is 42.4 Å². The second-order valence-corrected chi connectivity index (χ2v) is 7.09. The molecule has 1 aliphatic rings. The first-order valence-electron chi connectivity index (χ1n) is 9.44. The summed E-state index contributed by atoms with van der Waals surface area (Å²) in [6, 6.07) is 18.4. The van der Waals surface area contributed by atoms with Crippen LogP contribution in [0.3, 0.4) is 0 Å². The number of hydrogen-bond donors (Lipinski definition) is 2. The highest BCUT2D eigenvalue weighted by atomic mass is 16.5. The maximum atomic E-state index is 12.4. The lowest BCUT2D eigenvalue weighted by Gasteiger charge is -2.25. The monoisotopic (exact) mass is 352 g/mol. The Bertz CT molecular complexity index is 702. The normalized spacial score (nSPS) is 19.9. The highest BCUT2D eigenvalue weighted by Crippen LogP contribution is 2.23. The van der Waals surface area contributed by atoms with Crippen molar-refractivity contribution >= 4 is 5.91 Å². The largest absolute Gasteiger partial charge is 0.372 e. The first-order chi connectivity index (χ1) is 12.7. The molecule has 0 aliphatic heterocycles. The molecule has 2 aromatic carbocycles. The number of hydrogen-bond acceptors (Lipinski definition) is 3. The Hall–Kier alpha value is -2.17. The Morgan fingerprint density at radius 1 is 1.00 bits per heavy atom. The standard InChI is InChI=1S/C22H28N2O2/c23-21-12-6-11-18(13-21)22(25)24-14-19-9-4-5-10-20(19)16-26-15-17-7-2-1-3-8-17/h1-5,7-10,18,21H,6,11-16,23H2,(H,24,25). The fourth-order valence-electron chi connectivity index (χ4n) is 3.52. The second-order valence-electron chi connectivity index (χ2n) is 7.09. The molecule has 0 spiro atoms. The van der Waals surface area contributed by atoms with E-state index < -0.39 is 0 Å². The molecule has 0 saturated heterocycles. The number of rotatable bonds is 7. The molecule has 1 amide bonds. The van der Waals surface area contributed by atoms with Crippen LogP contribution in [0.1, 0.15) is 42.4 Å². The van der Waals surface area contributed by atoms with Crippen LogP contribution >= 0.6 is 0 Å². The minimum absolute atomic E-state index is 0.0558. The summed E-state index contributed by atoms with van der Waals surface area (Å²) in [5, 5.41) is 3.09. The minimum Gasteiger partial charge on any atom is -0.372 e. The summed E-state index contributed by atoms with van der Waals surface area (Å²) < 4.78 is 5.85. The third-order valence-electron chi connectivity index (χ3n) is 5.03. The number of carbonyl (C=O) groups excluding carboxylic acids is 1. The lowest BCUT2D eigenvalue weighted by Crippen LogP contribution is -2.37. The van der Waals surface area contributed by atoms with Gasteiger partial charge in [-0.15, -0.1) is 0 Å². The Balaban J connectivity index is 1.51. The van der Waals surface area contributed by atoms with E-state index in [1.165, 1.54) is 0 Å². The van der Waals surface area contributed by atoms with Gasteiger partial charge in [-0.3, -0.25) is 4.79 Å². The molecule has 138 valence electrons. The number of nitrogens with one attached hydrogen (secondary N) is 1. The number of benzene rings is 2. The quantitative estimate of drug-likeness (QED) is 0.801. The minimum atomic E-state index is 0.0558. The zero-order valence-corrected chi connectivity index (χ0v) is 15.2. The van der Waals surface area contributed by atoms with Gasteiger partial charge in [0, 0.05) is 18.5 Å². The summed E-state index contributed by atoms with van der Waals surface area (Å²) in [5.41, 5.74) is 9.38. The molecule has 1 aliphatic carbocycles. The van der Waals surface area contributed by atoms with E-state index in [1.807, 2.05) is 36.4 Å². The van der Waals surface area contributed by atoms with Crippen LogP contribution in [0.5, 0.6) is 0 Å². The lowest BCUT2D eigenvalue weighted by molar-refractivity contribution is -0.126. The van der Waals surface area contributed by atoms with Crippen molar-refractivity contribution in [3.63, 3.8) is 0 Å². The molecule has 1 saturated carbocycles. The van der Waals surface area contributed by atoms with Crippen LogP contribution in [-0.4, -0.2) is 11.9 Å².